The highest BCUT2D eigenvalue weighted by Gasteiger charge is 2.15. The molecule has 19 heavy (non-hydrogen) atoms. The molecule has 2 rings (SSSR count). The first kappa shape index (κ1) is 13.5. The van der Waals surface area contributed by atoms with Gasteiger partial charge >= 0.3 is 12.0 Å². The van der Waals surface area contributed by atoms with Crippen molar-refractivity contribution in [3.05, 3.63) is 28.2 Å². The molecule has 2 aromatic heterocycles. The quantitative estimate of drug-likeness (QED) is 0.910. The Kier molecular flexibility index (Phi) is 4.11. The summed E-state index contributed by atoms with van der Waals surface area (Å²) in [5.74, 6) is -0.900. The Bertz CT molecular complexity index is 578. The molecule has 0 saturated heterocycles. The predicted octanol–water partition coefficient (Wildman–Crippen LogP) is 2.86. The highest BCUT2D eigenvalue weighted by atomic mass is 32.1. The number of ether oxygens (including phenoxy) is 1. The number of carboxylic acid groups (broad SMARTS) is 1. The number of aromatic carboxylic acids is 1. The molecule has 0 aromatic carbocycles. The zero-order valence-corrected chi connectivity index (χ0v) is 11.5. The van der Waals surface area contributed by atoms with Crippen LogP contribution in [0.2, 0.25) is 0 Å². The number of nitrogens with zero attached hydrogens (tertiary/aromatic N) is 2. The number of rotatable bonds is 5. The summed E-state index contributed by atoms with van der Waals surface area (Å²) in [6, 6.07) is 1.98. The minimum absolute atomic E-state index is 0.300. The number of hydrogen-bond acceptors (Lipinski definition) is 5. The van der Waals surface area contributed by atoms with E-state index in [4.69, 9.17) is 9.84 Å². The zero-order chi connectivity index (χ0) is 13.8. The molecular weight excluding hydrogens is 264 g/mol. The van der Waals surface area contributed by atoms with E-state index in [1.165, 1.54) is 18.4 Å². The van der Waals surface area contributed by atoms with Gasteiger partial charge in [0.2, 0.25) is 0 Å². The molecule has 0 atom stereocenters. The standard InChI is InChI=1S/C13H14N2O3S/c1-3-4-10-9(5-11(19-10)12(16)17)8-6-14-13(18-2)15-7-8/h5-7H,3-4H2,1-2H3,(H,16,17). The molecular formula is C13H14N2O3S. The molecule has 0 bridgehead atoms. The summed E-state index contributed by atoms with van der Waals surface area (Å²) in [5.41, 5.74) is 1.71. The van der Waals surface area contributed by atoms with Crippen molar-refractivity contribution in [2.45, 2.75) is 19.8 Å². The van der Waals surface area contributed by atoms with Crippen LogP contribution >= 0.6 is 11.3 Å². The summed E-state index contributed by atoms with van der Waals surface area (Å²) in [5, 5.41) is 9.08. The molecule has 0 fully saturated rings. The van der Waals surface area contributed by atoms with E-state index in [-0.39, 0.29) is 0 Å². The van der Waals surface area contributed by atoms with Crippen LogP contribution < -0.4 is 4.74 Å². The third-order valence-electron chi connectivity index (χ3n) is 2.62. The summed E-state index contributed by atoms with van der Waals surface area (Å²) in [6.07, 6.45) is 5.11. The lowest BCUT2D eigenvalue weighted by Crippen LogP contribution is -1.92. The summed E-state index contributed by atoms with van der Waals surface area (Å²) in [6.45, 7) is 2.06. The largest absolute Gasteiger partial charge is 0.477 e. The van der Waals surface area contributed by atoms with Gasteiger partial charge in [0.05, 0.1) is 7.11 Å². The van der Waals surface area contributed by atoms with E-state index in [9.17, 15) is 4.79 Å². The molecule has 0 aliphatic rings. The van der Waals surface area contributed by atoms with Crippen molar-refractivity contribution in [3.8, 4) is 17.1 Å². The molecule has 0 aliphatic carbocycles. The van der Waals surface area contributed by atoms with Crippen LogP contribution in [0.1, 0.15) is 27.9 Å². The van der Waals surface area contributed by atoms with Gasteiger partial charge in [0.25, 0.3) is 0 Å². The predicted molar refractivity (Wildman–Crippen MR) is 72.9 cm³/mol. The lowest BCUT2D eigenvalue weighted by Gasteiger charge is -2.02. The van der Waals surface area contributed by atoms with E-state index in [0.29, 0.717) is 10.9 Å². The van der Waals surface area contributed by atoms with Crippen LogP contribution in [0.5, 0.6) is 6.01 Å². The number of aromatic nitrogens is 2. The van der Waals surface area contributed by atoms with Crippen LogP contribution in [0.15, 0.2) is 18.5 Å². The molecule has 0 radical (unpaired) electrons. The lowest BCUT2D eigenvalue weighted by molar-refractivity contribution is 0.0702. The fourth-order valence-electron chi connectivity index (χ4n) is 1.75. The summed E-state index contributed by atoms with van der Waals surface area (Å²) in [4.78, 5) is 20.6. The van der Waals surface area contributed by atoms with Gasteiger partial charge in [-0.3, -0.25) is 0 Å². The van der Waals surface area contributed by atoms with Crippen molar-refractivity contribution >= 4 is 17.3 Å². The van der Waals surface area contributed by atoms with E-state index >= 15 is 0 Å². The van der Waals surface area contributed by atoms with E-state index in [1.807, 2.05) is 0 Å². The second kappa shape index (κ2) is 5.79. The van der Waals surface area contributed by atoms with Gasteiger partial charge in [-0.1, -0.05) is 13.3 Å². The molecule has 0 aliphatic heterocycles. The number of thiophene rings is 1. The number of hydrogen-bond donors (Lipinski definition) is 1. The molecule has 100 valence electrons. The van der Waals surface area contributed by atoms with Gasteiger partial charge < -0.3 is 9.84 Å². The fraction of sp³-hybridized carbons (Fsp3) is 0.308. The van der Waals surface area contributed by atoms with E-state index in [0.717, 1.165) is 28.8 Å². The van der Waals surface area contributed by atoms with Crippen molar-refractivity contribution in [1.29, 1.82) is 0 Å². The summed E-state index contributed by atoms with van der Waals surface area (Å²) < 4.78 is 4.91. The van der Waals surface area contributed by atoms with Crippen LogP contribution in [0.3, 0.4) is 0 Å². The molecule has 2 heterocycles. The second-order valence-electron chi connectivity index (χ2n) is 3.96. The SMILES string of the molecule is CCCc1sc(C(=O)O)cc1-c1cnc(OC)nc1. The van der Waals surface area contributed by atoms with Crippen LogP contribution in [-0.2, 0) is 6.42 Å². The van der Waals surface area contributed by atoms with Crippen molar-refractivity contribution in [1.82, 2.24) is 9.97 Å². The number of methoxy groups -OCH3 is 1. The van der Waals surface area contributed by atoms with Crippen molar-refractivity contribution in [3.63, 3.8) is 0 Å². The van der Waals surface area contributed by atoms with Crippen LogP contribution in [-0.4, -0.2) is 28.2 Å². The van der Waals surface area contributed by atoms with Gasteiger partial charge in [0.15, 0.2) is 0 Å². The minimum Gasteiger partial charge on any atom is -0.477 e. The molecule has 0 amide bonds. The van der Waals surface area contributed by atoms with Gasteiger partial charge in [-0.2, -0.15) is 0 Å². The highest BCUT2D eigenvalue weighted by Crippen LogP contribution is 2.32. The van der Waals surface area contributed by atoms with Crippen LogP contribution in [0.4, 0.5) is 0 Å². The number of carboxylic acids is 1. The molecule has 0 saturated carbocycles. The summed E-state index contributed by atoms with van der Waals surface area (Å²) in [7, 11) is 1.50. The molecule has 0 unspecified atom stereocenters. The number of carbonyl (C=O) groups is 1. The Morgan fingerprint density at radius 2 is 2.11 bits per heavy atom. The first-order valence-electron chi connectivity index (χ1n) is 5.88. The maximum atomic E-state index is 11.1. The van der Waals surface area contributed by atoms with Crippen molar-refractivity contribution in [2.24, 2.45) is 0 Å². The topological polar surface area (TPSA) is 72.3 Å². The van der Waals surface area contributed by atoms with Gasteiger partial charge in [-0.05, 0) is 18.1 Å². The number of aryl methyl sites for hydroxylation is 1. The van der Waals surface area contributed by atoms with Gasteiger partial charge in [-0.15, -0.1) is 11.3 Å². The average molecular weight is 278 g/mol. The zero-order valence-electron chi connectivity index (χ0n) is 10.7. The van der Waals surface area contributed by atoms with Crippen molar-refractivity contribution < 1.29 is 14.6 Å². The van der Waals surface area contributed by atoms with Gasteiger partial charge in [-0.25, -0.2) is 14.8 Å². The normalized spacial score (nSPS) is 10.4. The Hall–Kier alpha value is -1.95. The van der Waals surface area contributed by atoms with E-state index < -0.39 is 5.97 Å². The molecule has 1 N–H and O–H groups in total. The molecule has 0 spiro atoms. The first-order valence-corrected chi connectivity index (χ1v) is 6.69. The highest BCUT2D eigenvalue weighted by molar-refractivity contribution is 7.14. The molecule has 5 nitrogen and oxygen atoms in total. The Morgan fingerprint density at radius 1 is 1.42 bits per heavy atom. The second-order valence-corrected chi connectivity index (χ2v) is 5.10. The Labute approximate surface area is 114 Å². The molecule has 2 aromatic rings. The third kappa shape index (κ3) is 2.90. The van der Waals surface area contributed by atoms with E-state index in [1.54, 1.807) is 18.5 Å². The molecule has 6 heteroatoms. The average Bonchev–Trinajstić information content (AvgIpc) is 2.84. The Balaban J connectivity index is 2.43. The van der Waals surface area contributed by atoms with Gasteiger partial charge in [0, 0.05) is 22.8 Å². The fourth-order valence-corrected chi connectivity index (χ4v) is 2.87. The minimum atomic E-state index is -0.900. The summed E-state index contributed by atoms with van der Waals surface area (Å²) >= 11 is 1.31. The van der Waals surface area contributed by atoms with Crippen LogP contribution in [0.25, 0.3) is 11.1 Å². The van der Waals surface area contributed by atoms with Crippen LogP contribution in [0, 0.1) is 0 Å². The maximum Gasteiger partial charge on any atom is 0.345 e. The third-order valence-corrected chi connectivity index (χ3v) is 3.80. The van der Waals surface area contributed by atoms with Gasteiger partial charge in [0.1, 0.15) is 4.88 Å². The smallest absolute Gasteiger partial charge is 0.345 e. The van der Waals surface area contributed by atoms with E-state index in [2.05, 4.69) is 16.9 Å². The van der Waals surface area contributed by atoms with Crippen molar-refractivity contribution in [2.75, 3.05) is 7.11 Å². The monoisotopic (exact) mass is 278 g/mol. The lowest BCUT2D eigenvalue weighted by atomic mass is 10.1. The maximum absolute atomic E-state index is 11.1. The Morgan fingerprint density at radius 3 is 2.63 bits per heavy atom. The first-order chi connectivity index (χ1) is 9.15.